The van der Waals surface area contributed by atoms with Crippen molar-refractivity contribution in [1.29, 1.82) is 0 Å². The van der Waals surface area contributed by atoms with Crippen molar-refractivity contribution >= 4 is 17.9 Å². The molecule has 0 radical (unpaired) electrons. The summed E-state index contributed by atoms with van der Waals surface area (Å²) in [7, 11) is 0. The molecule has 0 rings (SSSR count). The van der Waals surface area contributed by atoms with Crippen LogP contribution in [0.15, 0.2) is 85.1 Å². The second-order valence-corrected chi connectivity index (χ2v) is 18.5. The fourth-order valence-corrected chi connectivity index (χ4v) is 7.64. The van der Waals surface area contributed by atoms with Crippen LogP contribution in [-0.4, -0.2) is 37.2 Å². The van der Waals surface area contributed by atoms with Gasteiger partial charge in [-0.2, -0.15) is 0 Å². The van der Waals surface area contributed by atoms with Gasteiger partial charge in [-0.05, 0) is 109 Å². The second kappa shape index (κ2) is 55.2. The first-order valence-corrected chi connectivity index (χ1v) is 28.1. The van der Waals surface area contributed by atoms with Crippen LogP contribution in [0.3, 0.4) is 0 Å². The van der Waals surface area contributed by atoms with E-state index in [2.05, 4.69) is 106 Å². The molecule has 0 spiro atoms. The van der Waals surface area contributed by atoms with Crippen LogP contribution >= 0.6 is 0 Å². The highest BCUT2D eigenvalue weighted by molar-refractivity contribution is 5.71. The van der Waals surface area contributed by atoms with Gasteiger partial charge in [0.25, 0.3) is 0 Å². The van der Waals surface area contributed by atoms with Gasteiger partial charge in [0.1, 0.15) is 13.2 Å². The van der Waals surface area contributed by atoms with Gasteiger partial charge in [-0.1, -0.05) is 221 Å². The monoisotopic (exact) mass is 933 g/mol. The maximum atomic E-state index is 12.8. The van der Waals surface area contributed by atoms with Gasteiger partial charge in [0.15, 0.2) is 6.10 Å². The Morgan fingerprint density at radius 3 is 0.985 bits per heavy atom. The molecule has 1 atom stereocenters. The fraction of sp³-hybridized carbons (Fsp3) is 0.721. The van der Waals surface area contributed by atoms with Gasteiger partial charge in [0.2, 0.25) is 0 Å². The minimum atomic E-state index is -0.811. The van der Waals surface area contributed by atoms with E-state index in [9.17, 15) is 14.4 Å². The maximum absolute atomic E-state index is 12.8. The molecule has 384 valence electrons. The zero-order valence-electron chi connectivity index (χ0n) is 43.9. The van der Waals surface area contributed by atoms with Gasteiger partial charge in [0, 0.05) is 19.3 Å². The first kappa shape index (κ1) is 63.6. The summed E-state index contributed by atoms with van der Waals surface area (Å²) >= 11 is 0. The quantitative estimate of drug-likeness (QED) is 0.0262. The van der Waals surface area contributed by atoms with E-state index >= 15 is 0 Å². The van der Waals surface area contributed by atoms with E-state index in [0.717, 1.165) is 89.9 Å². The minimum Gasteiger partial charge on any atom is -0.462 e. The third kappa shape index (κ3) is 53.4. The molecule has 0 aliphatic carbocycles. The van der Waals surface area contributed by atoms with Gasteiger partial charge in [-0.15, -0.1) is 0 Å². The van der Waals surface area contributed by atoms with E-state index in [0.29, 0.717) is 19.3 Å². The average molecular weight is 933 g/mol. The molecule has 6 nitrogen and oxygen atoms in total. The molecule has 0 unspecified atom stereocenters. The molecule has 67 heavy (non-hydrogen) atoms. The predicted molar refractivity (Wildman–Crippen MR) is 288 cm³/mol. The highest BCUT2D eigenvalue weighted by Crippen LogP contribution is 2.14. The lowest BCUT2D eigenvalue weighted by Gasteiger charge is -2.18. The zero-order valence-corrected chi connectivity index (χ0v) is 43.9. The Balaban J connectivity index is 4.46. The van der Waals surface area contributed by atoms with Crippen molar-refractivity contribution in [2.45, 2.75) is 271 Å². The largest absolute Gasteiger partial charge is 0.462 e. The van der Waals surface area contributed by atoms with Crippen molar-refractivity contribution in [3.05, 3.63) is 85.1 Å². The Kier molecular flexibility index (Phi) is 52.4. The molecule has 6 heteroatoms. The molecule has 0 aromatic rings. The molecule has 0 aromatic heterocycles. The molecule has 0 saturated heterocycles. The number of hydrogen-bond acceptors (Lipinski definition) is 6. The first-order chi connectivity index (χ1) is 33.0. The van der Waals surface area contributed by atoms with Gasteiger partial charge in [0.05, 0.1) is 0 Å². The molecule has 0 aliphatic rings. The molecular weight excluding hydrogens is 829 g/mol. The summed E-state index contributed by atoms with van der Waals surface area (Å²) in [4.78, 5) is 38.1. The zero-order chi connectivity index (χ0) is 48.6. The van der Waals surface area contributed by atoms with Gasteiger partial charge >= 0.3 is 17.9 Å². The number of hydrogen-bond donors (Lipinski definition) is 0. The summed E-state index contributed by atoms with van der Waals surface area (Å²) in [5, 5.41) is 0. The van der Waals surface area contributed by atoms with Crippen LogP contribution in [-0.2, 0) is 28.6 Å². The van der Waals surface area contributed by atoms with Gasteiger partial charge < -0.3 is 14.2 Å². The highest BCUT2D eigenvalue weighted by atomic mass is 16.6. The van der Waals surface area contributed by atoms with Crippen LogP contribution in [0.2, 0.25) is 0 Å². The number of rotatable bonds is 50. The van der Waals surface area contributed by atoms with E-state index in [-0.39, 0.29) is 37.5 Å². The van der Waals surface area contributed by atoms with Gasteiger partial charge in [-0.3, -0.25) is 14.4 Å². The molecule has 0 amide bonds. The van der Waals surface area contributed by atoms with Gasteiger partial charge in [-0.25, -0.2) is 0 Å². The van der Waals surface area contributed by atoms with E-state index in [1.807, 2.05) is 0 Å². The Morgan fingerprint density at radius 1 is 0.313 bits per heavy atom. The molecule has 0 aliphatic heterocycles. The van der Waals surface area contributed by atoms with Crippen LogP contribution in [0.5, 0.6) is 0 Å². The number of carbonyl (C=O) groups is 3. The van der Waals surface area contributed by atoms with Crippen LogP contribution in [0.1, 0.15) is 265 Å². The summed E-state index contributed by atoms with van der Waals surface area (Å²) in [6, 6.07) is 0. The molecule has 0 fully saturated rings. The smallest absolute Gasteiger partial charge is 0.306 e. The van der Waals surface area contributed by atoms with Crippen molar-refractivity contribution in [3.63, 3.8) is 0 Å². The molecule has 0 saturated carbocycles. The lowest BCUT2D eigenvalue weighted by Crippen LogP contribution is -2.30. The summed E-state index contributed by atoms with van der Waals surface area (Å²) < 4.78 is 16.8. The number of allylic oxidation sites excluding steroid dienone is 14. The summed E-state index contributed by atoms with van der Waals surface area (Å²) in [5.41, 5.74) is 0. The summed E-state index contributed by atoms with van der Waals surface area (Å²) in [6.07, 6.45) is 71.5. The van der Waals surface area contributed by atoms with Crippen molar-refractivity contribution in [3.8, 4) is 0 Å². The van der Waals surface area contributed by atoms with Crippen LogP contribution in [0.4, 0.5) is 0 Å². The molecular formula is C61H104O6. The number of esters is 3. The summed E-state index contributed by atoms with van der Waals surface area (Å²) in [6.45, 7) is 6.46. The number of unbranched alkanes of at least 4 members (excludes halogenated alkanes) is 25. The first-order valence-electron chi connectivity index (χ1n) is 28.1. The maximum Gasteiger partial charge on any atom is 0.306 e. The van der Waals surface area contributed by atoms with E-state index in [1.165, 1.54) is 128 Å². The Bertz CT molecular complexity index is 1300. The average Bonchev–Trinajstić information content (AvgIpc) is 3.33. The van der Waals surface area contributed by atoms with Crippen molar-refractivity contribution in [1.82, 2.24) is 0 Å². The van der Waals surface area contributed by atoms with E-state index < -0.39 is 6.10 Å². The third-order valence-electron chi connectivity index (χ3n) is 11.9. The highest BCUT2D eigenvalue weighted by Gasteiger charge is 2.19. The third-order valence-corrected chi connectivity index (χ3v) is 11.9. The van der Waals surface area contributed by atoms with Crippen LogP contribution < -0.4 is 0 Å². The normalized spacial score (nSPS) is 12.7. The Labute approximate surface area is 414 Å². The standard InChI is InChI=1S/C61H104O6/c1-4-7-10-13-16-19-22-25-27-29-30-32-33-36-39-42-45-48-51-54-60(63)66-57-58(56-65-59(62)53-50-47-44-41-38-35-24-21-18-15-12-9-6-3)67-61(64)55-52-49-46-43-40-37-34-31-28-26-23-20-17-14-11-8-5-2/h8,11,17,20-21,24,26,28-30,34,37,43,46,58H,4-7,9-10,12-16,18-19,22-23,25,27,31-33,35-36,38-42,44-45,47-57H2,1-3H3/b11-8-,20-17-,24-21-,28-26-,30-29-,37-34-,46-43-/t58-/m1/s1. The van der Waals surface area contributed by atoms with E-state index in [4.69, 9.17) is 14.2 Å². The van der Waals surface area contributed by atoms with E-state index in [1.54, 1.807) is 0 Å². The lowest BCUT2D eigenvalue weighted by molar-refractivity contribution is -0.167. The van der Waals surface area contributed by atoms with Crippen molar-refractivity contribution in [2.24, 2.45) is 0 Å². The molecule has 0 heterocycles. The van der Waals surface area contributed by atoms with Crippen molar-refractivity contribution in [2.75, 3.05) is 13.2 Å². The topological polar surface area (TPSA) is 78.9 Å². The van der Waals surface area contributed by atoms with Crippen LogP contribution in [0, 0.1) is 0 Å². The lowest BCUT2D eigenvalue weighted by atomic mass is 10.1. The van der Waals surface area contributed by atoms with Crippen molar-refractivity contribution < 1.29 is 28.6 Å². The minimum absolute atomic E-state index is 0.104. The molecule has 0 bridgehead atoms. The second-order valence-electron chi connectivity index (χ2n) is 18.5. The predicted octanol–water partition coefficient (Wildman–Crippen LogP) is 18.8. The number of carbonyl (C=O) groups excluding carboxylic acids is 3. The SMILES string of the molecule is CC/C=C\C/C=C\C/C=C\C/C=C\C/C=C\CCCC(=O)O[C@H](COC(=O)CCCCCCC/C=C\CCCCCC)COC(=O)CCCCCCCCC/C=C\CCCCCCCCCC. The number of ether oxygens (including phenoxy) is 3. The molecule has 0 N–H and O–H groups in total. The fourth-order valence-electron chi connectivity index (χ4n) is 7.64. The molecule has 0 aromatic carbocycles. The summed E-state index contributed by atoms with van der Waals surface area (Å²) in [5.74, 6) is -0.972. The Hall–Kier alpha value is -3.41. The van der Waals surface area contributed by atoms with Crippen LogP contribution in [0.25, 0.3) is 0 Å². The Morgan fingerprint density at radius 2 is 0.597 bits per heavy atom.